The smallest absolute Gasteiger partial charge is 0.416 e. The molecular weight excluding hydrogens is 406 g/mol. The first-order valence-corrected chi connectivity index (χ1v) is 10.9. The lowest BCUT2D eigenvalue weighted by atomic mass is 10.2. The number of rotatable bonds is 4. The van der Waals surface area contributed by atoms with Crippen molar-refractivity contribution in [2.75, 3.05) is 25.0 Å². The zero-order valence-electron chi connectivity index (χ0n) is 16.6. The monoisotopic (exact) mass is 427 g/mol. The number of carbonyl (C=O) groups excluding carboxylic acids is 1. The van der Waals surface area contributed by atoms with Gasteiger partial charge in [-0.2, -0.15) is 0 Å². The first-order chi connectivity index (χ1) is 14.4. The van der Waals surface area contributed by atoms with Crippen LogP contribution in [0.15, 0.2) is 58.7 Å². The van der Waals surface area contributed by atoms with Crippen molar-refractivity contribution in [1.29, 1.82) is 0 Å². The van der Waals surface area contributed by atoms with Gasteiger partial charge in [0.1, 0.15) is 0 Å². The van der Waals surface area contributed by atoms with Crippen LogP contribution in [0.1, 0.15) is 12.5 Å². The van der Waals surface area contributed by atoms with E-state index in [0.29, 0.717) is 35.8 Å². The lowest BCUT2D eigenvalue weighted by Crippen LogP contribution is -2.38. The number of nitrogens with zero attached hydrogens (tertiary/aromatic N) is 4. The Morgan fingerprint density at radius 3 is 2.73 bits per heavy atom. The zero-order chi connectivity index (χ0) is 21.3. The predicted octanol–water partition coefficient (Wildman–Crippen LogP) is 2.82. The van der Waals surface area contributed by atoms with Gasteiger partial charge in [-0.3, -0.25) is 4.99 Å². The van der Waals surface area contributed by atoms with E-state index in [-0.39, 0.29) is 11.5 Å². The molecule has 0 radical (unpaired) electrons. The van der Waals surface area contributed by atoms with Crippen molar-refractivity contribution in [3.8, 4) is 0 Å². The Kier molecular flexibility index (Phi) is 5.17. The highest BCUT2D eigenvalue weighted by Gasteiger charge is 2.26. The summed E-state index contributed by atoms with van der Waals surface area (Å²) in [6.07, 6.45) is 2.57. The van der Waals surface area contributed by atoms with Crippen LogP contribution in [0.5, 0.6) is 0 Å². The number of carbonyl (C=O) groups is 1. The Labute approximate surface area is 174 Å². The quantitative estimate of drug-likeness (QED) is 0.686. The minimum absolute atomic E-state index is 0.189. The van der Waals surface area contributed by atoms with Crippen molar-refractivity contribution in [3.05, 3.63) is 54.4 Å². The molecule has 0 saturated carbocycles. The molecule has 3 heterocycles. The largest absolute Gasteiger partial charge is 0.449 e. The highest BCUT2D eigenvalue weighted by Crippen LogP contribution is 2.27. The van der Waals surface area contributed by atoms with Gasteiger partial charge in [-0.05, 0) is 37.6 Å². The van der Waals surface area contributed by atoms with Gasteiger partial charge in [0, 0.05) is 11.6 Å². The maximum Gasteiger partial charge on any atom is 0.416 e. The van der Waals surface area contributed by atoms with Crippen molar-refractivity contribution in [1.82, 2.24) is 13.9 Å². The Hall–Kier alpha value is -3.40. The number of benzene rings is 1. The zero-order valence-corrected chi connectivity index (χ0v) is 17.4. The van der Waals surface area contributed by atoms with E-state index in [2.05, 4.69) is 15.3 Å². The maximum absolute atomic E-state index is 13.0. The summed E-state index contributed by atoms with van der Waals surface area (Å²) in [5.74, 6) is 0.383. The number of hydrogen-bond donors (Lipinski definition) is 1. The number of ether oxygens (including phenoxy) is 1. The molecule has 1 amide bonds. The van der Waals surface area contributed by atoms with Crippen molar-refractivity contribution >= 4 is 38.8 Å². The van der Waals surface area contributed by atoms with Gasteiger partial charge in [-0.1, -0.05) is 18.2 Å². The molecule has 0 bridgehead atoms. The summed E-state index contributed by atoms with van der Waals surface area (Å²) in [6, 6.07) is 9.92. The van der Waals surface area contributed by atoms with Crippen LogP contribution in [-0.2, 0) is 14.8 Å². The van der Waals surface area contributed by atoms with Gasteiger partial charge in [0.25, 0.3) is 10.0 Å². The number of hydrogen-bond acceptors (Lipinski definition) is 7. The fraction of sp³-hybridized carbons (Fsp3) is 0.250. The van der Waals surface area contributed by atoms with Gasteiger partial charge in [0.2, 0.25) is 5.96 Å². The van der Waals surface area contributed by atoms with Gasteiger partial charge < -0.3 is 10.1 Å². The molecule has 3 aromatic rings. The van der Waals surface area contributed by atoms with Gasteiger partial charge in [-0.25, -0.2) is 27.1 Å². The summed E-state index contributed by atoms with van der Waals surface area (Å²) in [5, 5.41) is 3.81. The van der Waals surface area contributed by atoms with E-state index in [1.807, 2.05) is 6.92 Å². The lowest BCUT2D eigenvalue weighted by Gasteiger charge is -2.19. The van der Waals surface area contributed by atoms with E-state index in [1.165, 1.54) is 15.1 Å². The molecule has 0 saturated heterocycles. The number of fused-ring (bicyclic) bond motifs is 1. The molecule has 0 spiro atoms. The molecule has 10 heteroatoms. The second-order valence-corrected chi connectivity index (χ2v) is 8.46. The molecule has 2 aromatic heterocycles. The minimum atomic E-state index is -3.76. The second-order valence-electron chi connectivity index (χ2n) is 6.64. The fourth-order valence-electron chi connectivity index (χ4n) is 3.27. The van der Waals surface area contributed by atoms with Gasteiger partial charge in [0.15, 0.2) is 5.65 Å². The SMILES string of the molecule is CCOC(=O)N1CCN=C1Nc1cnc2c(ccn2S(=O)(=O)c2ccccc2)c1C. The molecule has 156 valence electrons. The molecular formula is C20H21N5O4S. The molecule has 0 aliphatic carbocycles. The lowest BCUT2D eigenvalue weighted by molar-refractivity contribution is 0.130. The number of nitrogens with one attached hydrogen (secondary N) is 1. The summed E-state index contributed by atoms with van der Waals surface area (Å²) in [7, 11) is -3.76. The van der Waals surface area contributed by atoms with Crippen LogP contribution in [0.2, 0.25) is 0 Å². The Balaban J connectivity index is 1.68. The number of aromatic nitrogens is 2. The first-order valence-electron chi connectivity index (χ1n) is 9.46. The number of pyridine rings is 1. The minimum Gasteiger partial charge on any atom is -0.449 e. The average Bonchev–Trinajstić information content (AvgIpc) is 3.38. The highest BCUT2D eigenvalue weighted by molar-refractivity contribution is 7.90. The molecule has 9 nitrogen and oxygen atoms in total. The molecule has 4 rings (SSSR count). The van der Waals surface area contributed by atoms with E-state index in [4.69, 9.17) is 4.74 Å². The third kappa shape index (κ3) is 3.39. The normalized spacial score (nSPS) is 14.1. The molecule has 0 unspecified atom stereocenters. The molecule has 0 atom stereocenters. The third-order valence-electron chi connectivity index (χ3n) is 4.83. The predicted molar refractivity (Wildman–Crippen MR) is 113 cm³/mol. The van der Waals surface area contributed by atoms with Crippen LogP contribution in [-0.4, -0.2) is 54.0 Å². The van der Waals surface area contributed by atoms with Crippen LogP contribution in [0.3, 0.4) is 0 Å². The number of guanidine groups is 1. The van der Waals surface area contributed by atoms with Crippen molar-refractivity contribution < 1.29 is 17.9 Å². The fourth-order valence-corrected chi connectivity index (χ4v) is 4.60. The maximum atomic E-state index is 13.0. The molecule has 0 fully saturated rings. The van der Waals surface area contributed by atoms with E-state index in [1.54, 1.807) is 49.5 Å². The molecule has 30 heavy (non-hydrogen) atoms. The standard InChI is InChI=1S/C20H21N5O4S/c1-3-29-20(26)24-12-10-21-19(24)23-17-13-22-18-16(14(17)2)9-11-25(18)30(27,28)15-7-5-4-6-8-15/h4-9,11,13H,3,10,12H2,1-2H3,(H,21,23). The van der Waals surface area contributed by atoms with E-state index >= 15 is 0 Å². The van der Waals surface area contributed by atoms with Crippen LogP contribution < -0.4 is 5.32 Å². The van der Waals surface area contributed by atoms with E-state index in [9.17, 15) is 13.2 Å². The number of aryl methyl sites for hydroxylation is 1. The topological polar surface area (TPSA) is 106 Å². The average molecular weight is 427 g/mol. The molecule has 1 aromatic carbocycles. The first kappa shape index (κ1) is 19.9. The Bertz CT molecular complexity index is 1230. The summed E-state index contributed by atoms with van der Waals surface area (Å²) in [5.41, 5.74) is 1.75. The molecule has 1 aliphatic heterocycles. The molecule has 1 aliphatic rings. The Morgan fingerprint density at radius 1 is 1.23 bits per heavy atom. The second kappa shape index (κ2) is 7.79. The Morgan fingerprint density at radius 2 is 2.00 bits per heavy atom. The van der Waals surface area contributed by atoms with Crippen molar-refractivity contribution in [2.24, 2.45) is 4.99 Å². The van der Waals surface area contributed by atoms with E-state index < -0.39 is 16.1 Å². The van der Waals surface area contributed by atoms with Crippen LogP contribution in [0.4, 0.5) is 10.5 Å². The van der Waals surface area contributed by atoms with Crippen LogP contribution in [0.25, 0.3) is 11.0 Å². The van der Waals surface area contributed by atoms with E-state index in [0.717, 1.165) is 5.56 Å². The van der Waals surface area contributed by atoms with Gasteiger partial charge >= 0.3 is 6.09 Å². The van der Waals surface area contributed by atoms with Gasteiger partial charge in [0.05, 0.1) is 36.5 Å². The molecule has 1 N–H and O–H groups in total. The summed E-state index contributed by atoms with van der Waals surface area (Å²) in [4.78, 5) is 22.4. The van der Waals surface area contributed by atoms with Crippen molar-refractivity contribution in [2.45, 2.75) is 18.7 Å². The summed E-state index contributed by atoms with van der Waals surface area (Å²) >= 11 is 0. The number of amides is 1. The highest BCUT2D eigenvalue weighted by atomic mass is 32.2. The summed E-state index contributed by atoms with van der Waals surface area (Å²) in [6.45, 7) is 4.78. The van der Waals surface area contributed by atoms with Crippen LogP contribution >= 0.6 is 0 Å². The number of aliphatic imine (C=N–C) groups is 1. The van der Waals surface area contributed by atoms with Gasteiger partial charge in [-0.15, -0.1) is 0 Å². The van der Waals surface area contributed by atoms with Crippen LogP contribution in [0, 0.1) is 6.92 Å². The van der Waals surface area contributed by atoms with Crippen molar-refractivity contribution in [3.63, 3.8) is 0 Å². The summed E-state index contributed by atoms with van der Waals surface area (Å²) < 4.78 is 32.2. The number of anilines is 1. The third-order valence-corrected chi connectivity index (χ3v) is 6.51.